The Bertz CT molecular complexity index is 365. The third kappa shape index (κ3) is 1.36. The third-order valence-corrected chi connectivity index (χ3v) is 1.81. The number of hydrogen-bond acceptors (Lipinski definition) is 1. The molecule has 0 unspecified atom stereocenters. The number of furan rings is 1. The van der Waals surface area contributed by atoms with Crippen molar-refractivity contribution in [3.05, 3.63) is 47.7 Å². The Hall–Kier alpha value is -1.21. The molecule has 0 aliphatic rings. The molecule has 59 valence electrons. The molecule has 0 saturated carbocycles. The lowest BCUT2D eigenvalue weighted by Gasteiger charge is -1.95. The molecule has 0 N–H and O–H groups in total. The minimum Gasteiger partial charge on any atom is -0.464 e. The van der Waals surface area contributed by atoms with Gasteiger partial charge in [-0.05, 0) is 18.2 Å². The number of halogens is 1. The van der Waals surface area contributed by atoms with Crippen LogP contribution in [-0.2, 0) is 0 Å². The zero-order valence-corrected chi connectivity index (χ0v) is 7.01. The molecule has 2 aromatic rings. The van der Waals surface area contributed by atoms with E-state index in [1.807, 2.05) is 24.3 Å². The molecule has 0 amide bonds. The highest BCUT2D eigenvalue weighted by molar-refractivity contribution is 6.30. The van der Waals surface area contributed by atoms with Crippen LogP contribution in [0.3, 0.4) is 0 Å². The molecule has 0 saturated heterocycles. The first-order valence-electron chi connectivity index (χ1n) is 3.57. The van der Waals surface area contributed by atoms with E-state index in [0.29, 0.717) is 5.02 Å². The van der Waals surface area contributed by atoms with Crippen LogP contribution in [0.1, 0.15) is 0 Å². The SMILES string of the molecule is Clc1cccc(-c2c[c]co2)c1. The quantitative estimate of drug-likeness (QED) is 0.651. The fourth-order valence-corrected chi connectivity index (χ4v) is 1.22. The van der Waals surface area contributed by atoms with E-state index in [2.05, 4.69) is 6.07 Å². The molecule has 0 atom stereocenters. The van der Waals surface area contributed by atoms with Crippen LogP contribution in [0, 0.1) is 6.07 Å². The second-order valence-electron chi connectivity index (χ2n) is 2.42. The van der Waals surface area contributed by atoms with Crippen molar-refractivity contribution in [2.24, 2.45) is 0 Å². The monoisotopic (exact) mass is 177 g/mol. The molecule has 1 radical (unpaired) electrons. The molecule has 1 aromatic carbocycles. The predicted octanol–water partition coefficient (Wildman–Crippen LogP) is 3.40. The standard InChI is InChI=1S/C10H6ClO/c11-9-4-1-3-8(7-9)10-5-2-6-12-10/h1,3-7H. The number of benzene rings is 1. The van der Waals surface area contributed by atoms with Crippen LogP contribution >= 0.6 is 11.6 Å². The van der Waals surface area contributed by atoms with Crippen molar-refractivity contribution >= 4 is 11.6 Å². The predicted molar refractivity (Wildman–Crippen MR) is 48.0 cm³/mol. The van der Waals surface area contributed by atoms with Gasteiger partial charge in [-0.1, -0.05) is 23.7 Å². The van der Waals surface area contributed by atoms with Gasteiger partial charge in [-0.3, -0.25) is 0 Å². The molecule has 1 aromatic heterocycles. The van der Waals surface area contributed by atoms with Crippen LogP contribution in [0.5, 0.6) is 0 Å². The molecule has 2 rings (SSSR count). The Labute approximate surface area is 75.6 Å². The Kier molecular flexibility index (Phi) is 1.88. The van der Waals surface area contributed by atoms with Crippen molar-refractivity contribution in [1.29, 1.82) is 0 Å². The van der Waals surface area contributed by atoms with Crippen molar-refractivity contribution in [2.75, 3.05) is 0 Å². The molecule has 2 heteroatoms. The van der Waals surface area contributed by atoms with Crippen molar-refractivity contribution in [3.63, 3.8) is 0 Å². The van der Waals surface area contributed by atoms with E-state index in [1.54, 1.807) is 6.07 Å². The molecule has 12 heavy (non-hydrogen) atoms. The van der Waals surface area contributed by atoms with E-state index in [9.17, 15) is 0 Å². The normalized spacial score (nSPS) is 10.1. The summed E-state index contributed by atoms with van der Waals surface area (Å²) in [5.41, 5.74) is 0.976. The minimum atomic E-state index is 0.712. The van der Waals surface area contributed by atoms with E-state index >= 15 is 0 Å². The molecule has 0 aliphatic carbocycles. The van der Waals surface area contributed by atoms with Gasteiger partial charge in [-0.25, -0.2) is 0 Å². The van der Waals surface area contributed by atoms with Crippen molar-refractivity contribution in [2.45, 2.75) is 0 Å². The summed E-state index contributed by atoms with van der Waals surface area (Å²) < 4.78 is 5.16. The van der Waals surface area contributed by atoms with Crippen molar-refractivity contribution < 1.29 is 4.42 Å². The van der Waals surface area contributed by atoms with E-state index in [1.165, 1.54) is 6.26 Å². The summed E-state index contributed by atoms with van der Waals surface area (Å²) in [7, 11) is 0. The van der Waals surface area contributed by atoms with Gasteiger partial charge in [0.15, 0.2) is 0 Å². The fraction of sp³-hybridized carbons (Fsp3) is 0. The third-order valence-electron chi connectivity index (χ3n) is 1.58. The summed E-state index contributed by atoms with van der Waals surface area (Å²) in [4.78, 5) is 0. The Balaban J connectivity index is 2.48. The largest absolute Gasteiger partial charge is 0.464 e. The van der Waals surface area contributed by atoms with Crippen LogP contribution in [0.15, 0.2) is 41.0 Å². The smallest absolute Gasteiger partial charge is 0.134 e. The van der Waals surface area contributed by atoms with Crippen LogP contribution in [-0.4, -0.2) is 0 Å². The molecule has 0 spiro atoms. The summed E-state index contributed by atoms with van der Waals surface area (Å²) in [6.07, 6.45) is 1.52. The first-order chi connectivity index (χ1) is 5.86. The van der Waals surface area contributed by atoms with Gasteiger partial charge in [-0.2, -0.15) is 0 Å². The molecule has 0 aliphatic heterocycles. The number of rotatable bonds is 1. The van der Waals surface area contributed by atoms with Gasteiger partial charge in [0.1, 0.15) is 5.76 Å². The van der Waals surface area contributed by atoms with Gasteiger partial charge in [0.2, 0.25) is 0 Å². The summed E-state index contributed by atoms with van der Waals surface area (Å²) in [5, 5.41) is 0.712. The summed E-state index contributed by atoms with van der Waals surface area (Å²) in [6, 6.07) is 12.1. The van der Waals surface area contributed by atoms with E-state index < -0.39 is 0 Å². The highest BCUT2D eigenvalue weighted by Crippen LogP contribution is 2.22. The van der Waals surface area contributed by atoms with Gasteiger partial charge in [0.05, 0.1) is 6.26 Å². The molecule has 0 bridgehead atoms. The molecular formula is C10H6ClO. The van der Waals surface area contributed by atoms with Crippen molar-refractivity contribution in [3.8, 4) is 11.3 Å². The topological polar surface area (TPSA) is 13.1 Å². The maximum atomic E-state index is 5.81. The van der Waals surface area contributed by atoms with Gasteiger partial charge in [-0.15, -0.1) is 0 Å². The second-order valence-corrected chi connectivity index (χ2v) is 2.86. The van der Waals surface area contributed by atoms with E-state index in [4.69, 9.17) is 16.0 Å². The molecule has 1 nitrogen and oxygen atoms in total. The van der Waals surface area contributed by atoms with Crippen LogP contribution in [0.25, 0.3) is 11.3 Å². The zero-order valence-electron chi connectivity index (χ0n) is 6.25. The Morgan fingerprint density at radius 1 is 1.33 bits per heavy atom. The average molecular weight is 178 g/mol. The van der Waals surface area contributed by atoms with Gasteiger partial charge < -0.3 is 4.42 Å². The second kappa shape index (κ2) is 3.03. The lowest BCUT2D eigenvalue weighted by Crippen LogP contribution is -1.71. The van der Waals surface area contributed by atoms with Gasteiger partial charge >= 0.3 is 0 Å². The zero-order chi connectivity index (χ0) is 8.39. The summed E-state index contributed by atoms with van der Waals surface area (Å²) in [5.74, 6) is 0.789. The van der Waals surface area contributed by atoms with Crippen molar-refractivity contribution in [1.82, 2.24) is 0 Å². The Morgan fingerprint density at radius 3 is 2.92 bits per heavy atom. The average Bonchev–Trinajstić information content (AvgIpc) is 2.56. The van der Waals surface area contributed by atoms with E-state index in [-0.39, 0.29) is 0 Å². The highest BCUT2D eigenvalue weighted by atomic mass is 35.5. The molecular weight excluding hydrogens is 172 g/mol. The summed E-state index contributed by atoms with van der Waals surface area (Å²) >= 11 is 5.81. The minimum absolute atomic E-state index is 0.712. The Morgan fingerprint density at radius 2 is 2.25 bits per heavy atom. The van der Waals surface area contributed by atoms with Gasteiger partial charge in [0.25, 0.3) is 0 Å². The molecule has 0 fully saturated rings. The summed E-state index contributed by atoms with van der Waals surface area (Å²) in [6.45, 7) is 0. The van der Waals surface area contributed by atoms with Crippen LogP contribution in [0.4, 0.5) is 0 Å². The maximum Gasteiger partial charge on any atom is 0.134 e. The lowest BCUT2D eigenvalue weighted by molar-refractivity contribution is 0.582. The first kappa shape index (κ1) is 7.44. The van der Waals surface area contributed by atoms with Gasteiger partial charge in [0, 0.05) is 16.7 Å². The lowest BCUT2D eigenvalue weighted by atomic mass is 10.2. The number of hydrogen-bond donors (Lipinski definition) is 0. The fourth-order valence-electron chi connectivity index (χ4n) is 1.03. The van der Waals surface area contributed by atoms with Crippen LogP contribution < -0.4 is 0 Å². The highest BCUT2D eigenvalue weighted by Gasteiger charge is 1.99. The van der Waals surface area contributed by atoms with E-state index in [0.717, 1.165) is 11.3 Å². The molecule has 1 heterocycles. The maximum absolute atomic E-state index is 5.81. The first-order valence-corrected chi connectivity index (χ1v) is 3.94. The van der Waals surface area contributed by atoms with Crippen LogP contribution in [0.2, 0.25) is 5.02 Å².